The number of nitrogens with two attached hydrogens (primary N) is 2. The molecule has 0 bridgehead atoms. The minimum atomic E-state index is -1.63. The fourth-order valence-electron chi connectivity index (χ4n) is 5.01. The number of thiophene rings is 2. The van der Waals surface area contributed by atoms with Crippen LogP contribution in [0.1, 0.15) is 46.6 Å². The van der Waals surface area contributed by atoms with Crippen LogP contribution in [0.25, 0.3) is 0 Å². The SMILES string of the molecule is CC(NC(=O)C(N)OC(=O)/C=C\C(=O)OC(N)C(=O)NC(C)C(c1ccccc1)c1cccs1)C(c1ccccc1)c1cccs1. The second-order valence-corrected chi connectivity index (χ2v) is 12.4. The molecule has 0 fully saturated rings. The van der Waals surface area contributed by atoms with E-state index in [2.05, 4.69) is 10.6 Å². The van der Waals surface area contributed by atoms with E-state index in [1.807, 2.05) is 110 Å². The van der Waals surface area contributed by atoms with Crippen LogP contribution in [-0.4, -0.2) is 48.3 Å². The molecule has 2 heterocycles. The Balaban J connectivity index is 1.26. The largest absolute Gasteiger partial charge is 0.434 e. The average molecular weight is 661 g/mol. The van der Waals surface area contributed by atoms with Crippen LogP contribution in [0.3, 0.4) is 0 Å². The van der Waals surface area contributed by atoms with Crippen LogP contribution in [0, 0.1) is 0 Å². The van der Waals surface area contributed by atoms with E-state index in [4.69, 9.17) is 20.9 Å². The lowest BCUT2D eigenvalue weighted by molar-refractivity contribution is -0.152. The number of rotatable bonds is 14. The first-order valence-electron chi connectivity index (χ1n) is 14.5. The lowest BCUT2D eigenvalue weighted by Gasteiger charge is -2.26. The average Bonchev–Trinajstić information content (AvgIpc) is 3.77. The predicted molar refractivity (Wildman–Crippen MR) is 178 cm³/mol. The van der Waals surface area contributed by atoms with Gasteiger partial charge in [-0.05, 0) is 47.9 Å². The quantitative estimate of drug-likeness (QED) is 0.0897. The molecular formula is C34H36N4O6S2. The lowest BCUT2D eigenvalue weighted by atomic mass is 9.91. The van der Waals surface area contributed by atoms with Crippen LogP contribution in [0.5, 0.6) is 0 Å². The third-order valence-corrected chi connectivity index (χ3v) is 9.03. The van der Waals surface area contributed by atoms with Crippen molar-refractivity contribution in [3.63, 3.8) is 0 Å². The number of carbonyl (C=O) groups is 4. The number of esters is 2. The first-order chi connectivity index (χ1) is 22.1. The Morgan fingerprint density at radius 1 is 0.609 bits per heavy atom. The molecule has 0 radical (unpaired) electrons. The topological polar surface area (TPSA) is 163 Å². The summed E-state index contributed by atoms with van der Waals surface area (Å²) in [6.45, 7) is 3.67. The molecule has 0 saturated heterocycles. The van der Waals surface area contributed by atoms with Crippen molar-refractivity contribution in [1.29, 1.82) is 0 Å². The van der Waals surface area contributed by atoms with Crippen molar-refractivity contribution in [1.82, 2.24) is 10.6 Å². The molecule has 46 heavy (non-hydrogen) atoms. The molecule has 0 spiro atoms. The highest BCUT2D eigenvalue weighted by Crippen LogP contribution is 2.32. The molecule has 240 valence electrons. The molecule has 2 aromatic heterocycles. The third kappa shape index (κ3) is 9.44. The van der Waals surface area contributed by atoms with E-state index in [0.717, 1.165) is 33.0 Å². The Morgan fingerprint density at radius 3 is 1.30 bits per heavy atom. The monoisotopic (exact) mass is 660 g/mol. The molecule has 10 nitrogen and oxygen atoms in total. The molecule has 0 saturated carbocycles. The first-order valence-corrected chi connectivity index (χ1v) is 16.3. The fourth-order valence-corrected chi connectivity index (χ4v) is 6.92. The highest BCUT2D eigenvalue weighted by molar-refractivity contribution is 7.10. The summed E-state index contributed by atoms with van der Waals surface area (Å²) < 4.78 is 9.95. The van der Waals surface area contributed by atoms with Crippen molar-refractivity contribution in [2.24, 2.45) is 11.5 Å². The van der Waals surface area contributed by atoms with Crippen LogP contribution in [0.2, 0.25) is 0 Å². The van der Waals surface area contributed by atoms with Gasteiger partial charge >= 0.3 is 11.9 Å². The van der Waals surface area contributed by atoms with Crippen LogP contribution >= 0.6 is 22.7 Å². The van der Waals surface area contributed by atoms with E-state index in [1.54, 1.807) is 22.7 Å². The minimum absolute atomic E-state index is 0.146. The van der Waals surface area contributed by atoms with Gasteiger partial charge in [-0.1, -0.05) is 72.8 Å². The number of nitrogens with one attached hydrogen (secondary N) is 2. The van der Waals surface area contributed by atoms with Crippen molar-refractivity contribution < 1.29 is 28.7 Å². The van der Waals surface area contributed by atoms with E-state index in [9.17, 15) is 19.2 Å². The zero-order valence-corrected chi connectivity index (χ0v) is 26.9. The van der Waals surface area contributed by atoms with Gasteiger partial charge in [0.1, 0.15) is 0 Å². The van der Waals surface area contributed by atoms with Crippen LogP contribution in [-0.2, 0) is 28.7 Å². The molecule has 12 heteroatoms. The van der Waals surface area contributed by atoms with Crippen LogP contribution in [0.15, 0.2) is 108 Å². The molecule has 0 aliphatic heterocycles. The number of hydrogen-bond donors (Lipinski definition) is 4. The van der Waals surface area contributed by atoms with Gasteiger partial charge in [-0.3, -0.25) is 21.1 Å². The number of amides is 2. The van der Waals surface area contributed by atoms with Crippen LogP contribution in [0.4, 0.5) is 0 Å². The maximum Gasteiger partial charge on any atom is 0.333 e. The maximum absolute atomic E-state index is 12.8. The van der Waals surface area contributed by atoms with E-state index in [1.165, 1.54) is 0 Å². The summed E-state index contributed by atoms with van der Waals surface area (Å²) in [4.78, 5) is 52.2. The zero-order chi connectivity index (χ0) is 33.1. The van der Waals surface area contributed by atoms with Gasteiger partial charge in [0.15, 0.2) is 0 Å². The van der Waals surface area contributed by atoms with Crippen molar-refractivity contribution in [2.75, 3.05) is 0 Å². The normalized spacial score (nSPS) is 15.1. The van der Waals surface area contributed by atoms with E-state index in [0.29, 0.717) is 0 Å². The Hall–Kier alpha value is -4.62. The Morgan fingerprint density at radius 2 is 0.978 bits per heavy atom. The smallest absolute Gasteiger partial charge is 0.333 e. The zero-order valence-electron chi connectivity index (χ0n) is 25.3. The highest BCUT2D eigenvalue weighted by atomic mass is 32.1. The molecule has 0 aliphatic rings. The molecule has 6 N–H and O–H groups in total. The molecule has 2 aromatic carbocycles. The van der Waals surface area contributed by atoms with Crippen molar-refractivity contribution in [3.8, 4) is 0 Å². The van der Waals surface area contributed by atoms with E-state index in [-0.39, 0.29) is 23.9 Å². The molecule has 6 unspecified atom stereocenters. The predicted octanol–water partition coefficient (Wildman–Crippen LogP) is 4.00. The summed E-state index contributed by atoms with van der Waals surface area (Å²) in [5.74, 6) is -3.83. The highest BCUT2D eigenvalue weighted by Gasteiger charge is 2.28. The minimum Gasteiger partial charge on any atom is -0.434 e. The molecule has 4 aromatic rings. The summed E-state index contributed by atoms with van der Waals surface area (Å²) in [5, 5.41) is 9.53. The molecule has 4 rings (SSSR count). The molecular weight excluding hydrogens is 625 g/mol. The number of carbonyl (C=O) groups excluding carboxylic acids is 4. The van der Waals surface area contributed by atoms with Gasteiger partial charge in [-0.15, -0.1) is 22.7 Å². The fraction of sp³-hybridized carbons (Fsp3) is 0.235. The first kappa shape index (κ1) is 34.3. The van der Waals surface area contributed by atoms with Gasteiger partial charge in [0.25, 0.3) is 11.8 Å². The number of hydrogen-bond acceptors (Lipinski definition) is 10. The molecule has 0 aliphatic carbocycles. The summed E-state index contributed by atoms with van der Waals surface area (Å²) in [6.07, 6.45) is -1.78. The Kier molecular flexibility index (Phi) is 12.4. The Bertz CT molecular complexity index is 1480. The van der Waals surface area contributed by atoms with E-state index < -0.39 is 36.2 Å². The Labute approximate surface area is 275 Å². The number of ether oxygens (including phenoxy) is 2. The van der Waals surface area contributed by atoms with Gasteiger partial charge in [-0.25, -0.2) is 9.59 Å². The van der Waals surface area contributed by atoms with Crippen molar-refractivity contribution in [3.05, 3.63) is 129 Å². The van der Waals surface area contributed by atoms with E-state index >= 15 is 0 Å². The lowest BCUT2D eigenvalue weighted by Crippen LogP contribution is -2.48. The summed E-state index contributed by atoms with van der Waals surface area (Å²) in [5.41, 5.74) is 13.7. The van der Waals surface area contributed by atoms with Gasteiger partial charge in [0.05, 0.1) is 0 Å². The summed E-state index contributed by atoms with van der Waals surface area (Å²) >= 11 is 3.13. The molecule has 6 atom stereocenters. The third-order valence-electron chi connectivity index (χ3n) is 7.12. The second-order valence-electron chi connectivity index (χ2n) is 10.5. The van der Waals surface area contributed by atoms with Gasteiger partial charge < -0.3 is 20.1 Å². The maximum atomic E-state index is 12.8. The van der Waals surface area contributed by atoms with Crippen LogP contribution < -0.4 is 22.1 Å². The van der Waals surface area contributed by atoms with Gasteiger partial charge in [0.2, 0.25) is 12.5 Å². The number of benzene rings is 2. The molecule has 2 amide bonds. The van der Waals surface area contributed by atoms with Crippen molar-refractivity contribution >= 4 is 46.4 Å². The standard InChI is InChI=1S/C34H36N4O6S2/c1-21(29(25-15-9-19-45-25)23-11-5-3-6-12-23)37-33(41)31(35)43-27(39)17-18-28(40)44-32(36)34(42)38-22(2)30(26-16-10-20-46-26)24-13-7-4-8-14-24/h3-22,29-32H,35-36H2,1-2H3,(H,37,41)(H,38,42)/b18-17-. The van der Waals surface area contributed by atoms with Gasteiger partial charge in [-0.2, -0.15) is 0 Å². The van der Waals surface area contributed by atoms with Gasteiger partial charge in [0, 0.05) is 45.8 Å². The summed E-state index contributed by atoms with van der Waals surface area (Å²) in [7, 11) is 0. The summed E-state index contributed by atoms with van der Waals surface area (Å²) in [6, 6.07) is 26.5. The van der Waals surface area contributed by atoms with Crippen molar-refractivity contribution in [2.45, 2.75) is 50.2 Å². The second kappa shape index (κ2) is 16.6.